The van der Waals surface area contributed by atoms with Crippen LogP contribution in [0.4, 0.5) is 0 Å². The molecule has 1 fully saturated rings. The van der Waals surface area contributed by atoms with Gasteiger partial charge in [0.25, 0.3) is 0 Å². The molecule has 110 valence electrons. The van der Waals surface area contributed by atoms with Crippen molar-refractivity contribution < 1.29 is 4.79 Å². The van der Waals surface area contributed by atoms with Crippen molar-refractivity contribution in [2.24, 2.45) is 23.0 Å². The van der Waals surface area contributed by atoms with Gasteiger partial charge in [-0.2, -0.15) is 0 Å². The van der Waals surface area contributed by atoms with Crippen molar-refractivity contribution in [1.82, 2.24) is 4.90 Å². The van der Waals surface area contributed by atoms with Gasteiger partial charge in [-0.15, -0.1) is 0 Å². The summed E-state index contributed by atoms with van der Waals surface area (Å²) in [6.45, 7) is 10.2. The molecule has 1 atom stereocenters. The maximum absolute atomic E-state index is 12.5. The molecule has 0 spiro atoms. The third-order valence-corrected chi connectivity index (χ3v) is 5.13. The van der Waals surface area contributed by atoms with E-state index in [0.717, 1.165) is 25.9 Å². The lowest BCUT2D eigenvalue weighted by molar-refractivity contribution is -0.136. The van der Waals surface area contributed by atoms with Crippen LogP contribution in [0, 0.1) is 17.3 Å². The van der Waals surface area contributed by atoms with Crippen LogP contribution in [0.15, 0.2) is 0 Å². The lowest BCUT2D eigenvalue weighted by atomic mass is 9.74. The van der Waals surface area contributed by atoms with Gasteiger partial charge in [-0.25, -0.2) is 0 Å². The van der Waals surface area contributed by atoms with Gasteiger partial charge in [0.05, 0.1) is 10.9 Å². The molecule has 1 unspecified atom stereocenters. The first kappa shape index (κ1) is 16.4. The lowest BCUT2D eigenvalue weighted by Gasteiger charge is -2.42. The minimum Gasteiger partial charge on any atom is -0.393 e. The van der Waals surface area contributed by atoms with E-state index in [1.807, 2.05) is 18.7 Å². The summed E-state index contributed by atoms with van der Waals surface area (Å²) in [5.74, 6) is 0.00286. The quantitative estimate of drug-likeness (QED) is 0.790. The van der Waals surface area contributed by atoms with Gasteiger partial charge in [0, 0.05) is 13.1 Å². The first-order valence-electron chi connectivity index (χ1n) is 7.45. The number of carbonyl (C=O) groups is 1. The lowest BCUT2D eigenvalue weighted by Crippen LogP contribution is -2.48. The van der Waals surface area contributed by atoms with Gasteiger partial charge in [-0.05, 0) is 24.2 Å². The molecular weight excluding hydrogens is 256 g/mol. The Morgan fingerprint density at radius 2 is 1.74 bits per heavy atom. The van der Waals surface area contributed by atoms with Gasteiger partial charge < -0.3 is 10.6 Å². The number of nitrogens with zero attached hydrogens (tertiary/aromatic N) is 1. The second kappa shape index (κ2) is 6.69. The summed E-state index contributed by atoms with van der Waals surface area (Å²) in [7, 11) is 0. The molecule has 0 bridgehead atoms. The Bertz CT molecular complexity index is 327. The summed E-state index contributed by atoms with van der Waals surface area (Å²) in [5.41, 5.74) is 6.17. The molecule has 19 heavy (non-hydrogen) atoms. The largest absolute Gasteiger partial charge is 0.393 e. The topological polar surface area (TPSA) is 46.3 Å². The predicted molar refractivity (Wildman–Crippen MR) is 83.9 cm³/mol. The molecule has 4 heteroatoms. The average Bonchev–Trinajstić information content (AvgIpc) is 2.38. The second-order valence-corrected chi connectivity index (χ2v) is 6.63. The molecule has 1 saturated heterocycles. The van der Waals surface area contributed by atoms with E-state index in [0.29, 0.717) is 10.4 Å². The van der Waals surface area contributed by atoms with Crippen molar-refractivity contribution in [3.63, 3.8) is 0 Å². The van der Waals surface area contributed by atoms with Crippen molar-refractivity contribution in [2.45, 2.75) is 53.4 Å². The van der Waals surface area contributed by atoms with Gasteiger partial charge in [0.1, 0.15) is 0 Å². The van der Waals surface area contributed by atoms with E-state index in [-0.39, 0.29) is 17.7 Å². The van der Waals surface area contributed by atoms with Gasteiger partial charge >= 0.3 is 0 Å². The van der Waals surface area contributed by atoms with Crippen LogP contribution in [-0.2, 0) is 4.79 Å². The van der Waals surface area contributed by atoms with Gasteiger partial charge in [-0.3, -0.25) is 4.79 Å². The second-order valence-electron chi connectivity index (χ2n) is 6.16. The highest BCUT2D eigenvalue weighted by Gasteiger charge is 2.36. The summed E-state index contributed by atoms with van der Waals surface area (Å²) in [6, 6.07) is 0. The highest BCUT2D eigenvalue weighted by molar-refractivity contribution is 7.80. The molecule has 0 aromatic carbocycles. The molecule has 1 heterocycles. The number of thiocarbonyl (C=S) groups is 1. The van der Waals surface area contributed by atoms with E-state index >= 15 is 0 Å². The molecular formula is C15H28N2OS. The third kappa shape index (κ3) is 3.68. The number of nitrogens with two attached hydrogens (primary N) is 1. The highest BCUT2D eigenvalue weighted by atomic mass is 32.1. The Morgan fingerprint density at radius 1 is 1.26 bits per heavy atom. The zero-order chi connectivity index (χ0) is 14.6. The van der Waals surface area contributed by atoms with Crippen molar-refractivity contribution >= 4 is 23.1 Å². The molecule has 1 aliphatic rings. The molecule has 0 aromatic rings. The van der Waals surface area contributed by atoms with Gasteiger partial charge in [-0.1, -0.05) is 52.8 Å². The van der Waals surface area contributed by atoms with E-state index in [4.69, 9.17) is 18.0 Å². The monoisotopic (exact) mass is 284 g/mol. The SMILES string of the molecule is CCC1(CC)CCN(C(=O)C(C(N)=S)C(C)C)CC1. The maximum atomic E-state index is 12.5. The fraction of sp³-hybridized carbons (Fsp3) is 0.867. The Labute approximate surface area is 122 Å². The van der Waals surface area contributed by atoms with Crippen molar-refractivity contribution in [3.8, 4) is 0 Å². The fourth-order valence-electron chi connectivity index (χ4n) is 3.09. The van der Waals surface area contributed by atoms with Crippen LogP contribution in [0.25, 0.3) is 0 Å². The smallest absolute Gasteiger partial charge is 0.232 e. The maximum Gasteiger partial charge on any atom is 0.232 e. The van der Waals surface area contributed by atoms with Gasteiger partial charge in [0.15, 0.2) is 0 Å². The number of rotatable bonds is 5. The molecule has 0 saturated carbocycles. The first-order valence-corrected chi connectivity index (χ1v) is 7.86. The predicted octanol–water partition coefficient (Wildman–Crippen LogP) is 2.97. The van der Waals surface area contributed by atoms with Crippen LogP contribution in [0.2, 0.25) is 0 Å². The zero-order valence-electron chi connectivity index (χ0n) is 12.7. The molecule has 3 nitrogen and oxygen atoms in total. The normalized spacial score (nSPS) is 20.4. The highest BCUT2D eigenvalue weighted by Crippen LogP contribution is 2.38. The molecule has 2 N–H and O–H groups in total. The Hall–Kier alpha value is -0.640. The van der Waals surface area contributed by atoms with Crippen LogP contribution >= 0.6 is 12.2 Å². The number of likely N-dealkylation sites (tertiary alicyclic amines) is 1. The molecule has 0 radical (unpaired) electrons. The summed E-state index contributed by atoms with van der Waals surface area (Å²) < 4.78 is 0. The zero-order valence-corrected chi connectivity index (χ0v) is 13.6. The Balaban J connectivity index is 2.69. The standard InChI is InChI=1S/C15H28N2OS/c1-5-15(6-2)7-9-17(10-8-15)14(18)12(11(3)4)13(16)19/h11-12H,5-10H2,1-4H3,(H2,16,19). The number of hydrogen-bond acceptors (Lipinski definition) is 2. The molecule has 1 aliphatic heterocycles. The summed E-state index contributed by atoms with van der Waals surface area (Å²) >= 11 is 5.06. The molecule has 0 aromatic heterocycles. The van der Waals surface area contributed by atoms with Crippen molar-refractivity contribution in [3.05, 3.63) is 0 Å². The van der Waals surface area contributed by atoms with Crippen LogP contribution in [0.1, 0.15) is 53.4 Å². The molecule has 1 rings (SSSR count). The number of amides is 1. The van der Waals surface area contributed by atoms with Crippen LogP contribution in [0.5, 0.6) is 0 Å². The van der Waals surface area contributed by atoms with Crippen LogP contribution in [0.3, 0.4) is 0 Å². The summed E-state index contributed by atoms with van der Waals surface area (Å²) in [5, 5.41) is 0. The minimum absolute atomic E-state index is 0.128. The number of carbonyl (C=O) groups excluding carboxylic acids is 1. The van der Waals surface area contributed by atoms with E-state index < -0.39 is 0 Å². The first-order chi connectivity index (χ1) is 8.87. The van der Waals surface area contributed by atoms with E-state index in [1.165, 1.54) is 12.8 Å². The van der Waals surface area contributed by atoms with Crippen LogP contribution in [-0.4, -0.2) is 28.9 Å². The van der Waals surface area contributed by atoms with E-state index in [9.17, 15) is 4.79 Å². The summed E-state index contributed by atoms with van der Waals surface area (Å²) in [4.78, 5) is 14.8. The fourth-order valence-corrected chi connectivity index (χ4v) is 3.46. The average molecular weight is 284 g/mol. The number of hydrogen-bond donors (Lipinski definition) is 1. The van der Waals surface area contributed by atoms with Crippen molar-refractivity contribution in [2.75, 3.05) is 13.1 Å². The minimum atomic E-state index is -0.300. The van der Waals surface area contributed by atoms with Crippen molar-refractivity contribution in [1.29, 1.82) is 0 Å². The van der Waals surface area contributed by atoms with E-state index in [1.54, 1.807) is 0 Å². The third-order valence-electron chi connectivity index (χ3n) is 4.88. The van der Waals surface area contributed by atoms with Crippen LogP contribution < -0.4 is 5.73 Å². The Morgan fingerprint density at radius 3 is 2.05 bits per heavy atom. The van der Waals surface area contributed by atoms with Gasteiger partial charge in [0.2, 0.25) is 5.91 Å². The molecule has 0 aliphatic carbocycles. The Kier molecular flexibility index (Phi) is 5.78. The molecule has 1 amide bonds. The number of piperidine rings is 1. The summed E-state index contributed by atoms with van der Waals surface area (Å²) in [6.07, 6.45) is 4.62. The van der Waals surface area contributed by atoms with E-state index in [2.05, 4.69) is 13.8 Å².